The maximum Gasteiger partial charge on any atom is 0.126 e. The number of aryl methyl sites for hydroxylation is 1. The second-order valence-electron chi connectivity index (χ2n) is 4.03. The fourth-order valence-corrected chi connectivity index (χ4v) is 1.67. The molecule has 0 heterocycles. The first-order chi connectivity index (χ1) is 7.00. The minimum atomic E-state index is -0.202. The van der Waals surface area contributed by atoms with Gasteiger partial charge in [-0.3, -0.25) is 0 Å². The Balaban J connectivity index is 2.61. The first kappa shape index (κ1) is 12.8. The fraction of sp³-hybridized carbons (Fsp3) is 0.500. The largest absolute Gasteiger partial charge is 0.207 e. The SMILES string of the molecule is CC(C)C(Cl)CCc1cc(Cl)ccc1F. The molecule has 0 N–H and O–H groups in total. The van der Waals surface area contributed by atoms with Gasteiger partial charge in [0.25, 0.3) is 0 Å². The molecule has 0 saturated heterocycles. The highest BCUT2D eigenvalue weighted by atomic mass is 35.5. The van der Waals surface area contributed by atoms with Gasteiger partial charge < -0.3 is 0 Å². The van der Waals surface area contributed by atoms with Crippen LogP contribution in [-0.4, -0.2) is 5.38 Å². The molecule has 84 valence electrons. The molecular weight excluding hydrogens is 234 g/mol. The molecule has 1 rings (SSSR count). The Labute approximate surface area is 100 Å². The molecule has 0 aliphatic rings. The van der Waals surface area contributed by atoms with Gasteiger partial charge in [-0.15, -0.1) is 11.6 Å². The third-order valence-corrected chi connectivity index (χ3v) is 3.38. The lowest BCUT2D eigenvalue weighted by Gasteiger charge is -2.13. The van der Waals surface area contributed by atoms with Gasteiger partial charge in [0.05, 0.1) is 0 Å². The molecule has 0 saturated carbocycles. The molecule has 3 heteroatoms. The van der Waals surface area contributed by atoms with Crippen LogP contribution < -0.4 is 0 Å². The van der Waals surface area contributed by atoms with Crippen LogP contribution >= 0.6 is 23.2 Å². The Morgan fingerprint density at radius 3 is 2.60 bits per heavy atom. The first-order valence-corrected chi connectivity index (χ1v) is 5.90. The normalized spacial score (nSPS) is 13.2. The van der Waals surface area contributed by atoms with Crippen molar-refractivity contribution in [1.29, 1.82) is 0 Å². The summed E-state index contributed by atoms with van der Waals surface area (Å²) in [5.41, 5.74) is 0.647. The average Bonchev–Trinajstić information content (AvgIpc) is 2.18. The zero-order valence-electron chi connectivity index (χ0n) is 8.93. The van der Waals surface area contributed by atoms with Gasteiger partial charge in [0.1, 0.15) is 5.82 Å². The van der Waals surface area contributed by atoms with Crippen LogP contribution in [0, 0.1) is 11.7 Å². The second kappa shape index (κ2) is 5.72. The van der Waals surface area contributed by atoms with E-state index in [-0.39, 0.29) is 11.2 Å². The molecule has 0 bridgehead atoms. The number of alkyl halides is 1. The van der Waals surface area contributed by atoms with Gasteiger partial charge in [-0.2, -0.15) is 0 Å². The predicted octanol–water partition coefficient (Wildman–Crippen LogP) is 4.68. The summed E-state index contributed by atoms with van der Waals surface area (Å²) in [6.45, 7) is 4.12. The van der Waals surface area contributed by atoms with E-state index in [4.69, 9.17) is 23.2 Å². The number of hydrogen-bond donors (Lipinski definition) is 0. The molecule has 0 aliphatic carbocycles. The van der Waals surface area contributed by atoms with Crippen LogP contribution in [0.5, 0.6) is 0 Å². The summed E-state index contributed by atoms with van der Waals surface area (Å²) in [6, 6.07) is 4.62. The molecule has 0 aromatic heterocycles. The Hall–Kier alpha value is -0.270. The minimum absolute atomic E-state index is 0.0865. The zero-order valence-corrected chi connectivity index (χ0v) is 10.4. The van der Waals surface area contributed by atoms with E-state index in [1.807, 2.05) is 0 Å². The van der Waals surface area contributed by atoms with Crippen LogP contribution in [0.25, 0.3) is 0 Å². The lowest BCUT2D eigenvalue weighted by Crippen LogP contribution is -2.09. The summed E-state index contributed by atoms with van der Waals surface area (Å²) in [6.07, 6.45) is 1.41. The van der Waals surface area contributed by atoms with E-state index in [1.165, 1.54) is 6.07 Å². The molecule has 0 nitrogen and oxygen atoms in total. The lowest BCUT2D eigenvalue weighted by molar-refractivity contribution is 0.550. The lowest BCUT2D eigenvalue weighted by atomic mass is 10.0. The molecule has 1 aromatic carbocycles. The smallest absolute Gasteiger partial charge is 0.126 e. The maximum absolute atomic E-state index is 13.3. The second-order valence-corrected chi connectivity index (χ2v) is 5.03. The molecule has 0 aliphatic heterocycles. The van der Waals surface area contributed by atoms with E-state index in [9.17, 15) is 4.39 Å². The summed E-state index contributed by atoms with van der Waals surface area (Å²) in [5, 5.41) is 0.658. The Kier molecular flexibility index (Phi) is 4.88. The van der Waals surface area contributed by atoms with Crippen molar-refractivity contribution in [2.45, 2.75) is 32.1 Å². The number of hydrogen-bond acceptors (Lipinski definition) is 0. The van der Waals surface area contributed by atoms with Gasteiger partial charge in [-0.05, 0) is 42.5 Å². The van der Waals surface area contributed by atoms with Crippen LogP contribution in [-0.2, 0) is 6.42 Å². The van der Waals surface area contributed by atoms with Crippen molar-refractivity contribution in [1.82, 2.24) is 0 Å². The summed E-state index contributed by atoms with van der Waals surface area (Å²) in [4.78, 5) is 0. The minimum Gasteiger partial charge on any atom is -0.207 e. The molecule has 1 aromatic rings. The van der Waals surface area contributed by atoms with Crippen molar-refractivity contribution < 1.29 is 4.39 Å². The first-order valence-electron chi connectivity index (χ1n) is 5.08. The molecule has 0 radical (unpaired) electrons. The third kappa shape index (κ3) is 4.00. The highest BCUT2D eigenvalue weighted by Crippen LogP contribution is 2.20. The van der Waals surface area contributed by atoms with Crippen molar-refractivity contribution in [3.63, 3.8) is 0 Å². The molecule has 0 amide bonds. The van der Waals surface area contributed by atoms with E-state index in [1.54, 1.807) is 12.1 Å². The summed E-state index contributed by atoms with van der Waals surface area (Å²) in [5.74, 6) is 0.209. The van der Waals surface area contributed by atoms with Crippen molar-refractivity contribution in [3.8, 4) is 0 Å². The average molecular weight is 249 g/mol. The molecule has 0 fully saturated rings. The Bertz CT molecular complexity index is 323. The van der Waals surface area contributed by atoms with E-state index >= 15 is 0 Å². The summed E-state index contributed by atoms with van der Waals surface area (Å²) in [7, 11) is 0. The van der Waals surface area contributed by atoms with Gasteiger partial charge in [0.15, 0.2) is 0 Å². The molecule has 1 unspecified atom stereocenters. The molecule has 0 spiro atoms. The zero-order chi connectivity index (χ0) is 11.4. The van der Waals surface area contributed by atoms with Crippen LogP contribution in [0.4, 0.5) is 4.39 Å². The van der Waals surface area contributed by atoms with Gasteiger partial charge >= 0.3 is 0 Å². The van der Waals surface area contributed by atoms with E-state index in [2.05, 4.69) is 13.8 Å². The van der Waals surface area contributed by atoms with E-state index in [0.717, 1.165) is 6.42 Å². The van der Waals surface area contributed by atoms with E-state index < -0.39 is 0 Å². The standard InChI is InChI=1S/C12H15Cl2F/c1-8(2)11(14)5-3-9-7-10(13)4-6-12(9)15/h4,6-8,11H,3,5H2,1-2H3. The predicted molar refractivity (Wildman–Crippen MR) is 64.2 cm³/mol. The van der Waals surface area contributed by atoms with Crippen LogP contribution in [0.15, 0.2) is 18.2 Å². The highest BCUT2D eigenvalue weighted by Gasteiger charge is 2.11. The van der Waals surface area contributed by atoms with E-state index in [0.29, 0.717) is 22.9 Å². The summed E-state index contributed by atoms with van der Waals surface area (Å²) < 4.78 is 13.3. The van der Waals surface area contributed by atoms with Gasteiger partial charge in [0.2, 0.25) is 0 Å². The van der Waals surface area contributed by atoms with Crippen LogP contribution in [0.1, 0.15) is 25.8 Å². The quantitative estimate of drug-likeness (QED) is 0.680. The van der Waals surface area contributed by atoms with Gasteiger partial charge in [-0.1, -0.05) is 25.4 Å². The Morgan fingerprint density at radius 2 is 2.00 bits per heavy atom. The molecule has 15 heavy (non-hydrogen) atoms. The topological polar surface area (TPSA) is 0 Å². The summed E-state index contributed by atoms with van der Waals surface area (Å²) >= 11 is 11.9. The van der Waals surface area contributed by atoms with Crippen LogP contribution in [0.3, 0.4) is 0 Å². The number of halogens is 3. The van der Waals surface area contributed by atoms with Crippen molar-refractivity contribution in [2.24, 2.45) is 5.92 Å². The number of benzene rings is 1. The maximum atomic E-state index is 13.3. The number of rotatable bonds is 4. The van der Waals surface area contributed by atoms with Gasteiger partial charge in [-0.25, -0.2) is 4.39 Å². The Morgan fingerprint density at radius 1 is 1.33 bits per heavy atom. The van der Waals surface area contributed by atoms with Crippen molar-refractivity contribution in [2.75, 3.05) is 0 Å². The van der Waals surface area contributed by atoms with Crippen molar-refractivity contribution >= 4 is 23.2 Å². The molecule has 1 atom stereocenters. The van der Waals surface area contributed by atoms with Crippen LogP contribution in [0.2, 0.25) is 5.02 Å². The fourth-order valence-electron chi connectivity index (χ4n) is 1.36. The monoisotopic (exact) mass is 248 g/mol. The molecular formula is C12H15Cl2F. The third-order valence-electron chi connectivity index (χ3n) is 2.42. The van der Waals surface area contributed by atoms with Crippen molar-refractivity contribution in [3.05, 3.63) is 34.6 Å². The highest BCUT2D eigenvalue weighted by molar-refractivity contribution is 6.30. The van der Waals surface area contributed by atoms with Gasteiger partial charge in [0, 0.05) is 10.4 Å².